The molecule has 7 heteroatoms. The molecule has 0 saturated carbocycles. The van der Waals surface area contributed by atoms with Crippen LogP contribution in [0.3, 0.4) is 0 Å². The number of carbonyl (C=O) groups excluding carboxylic acids is 3. The summed E-state index contributed by atoms with van der Waals surface area (Å²) in [6.07, 6.45) is 2.36. The van der Waals surface area contributed by atoms with Gasteiger partial charge in [0.05, 0.1) is 19.6 Å². The molecule has 1 fully saturated rings. The van der Waals surface area contributed by atoms with E-state index < -0.39 is 12.0 Å². The number of nitrogens with zero attached hydrogens (tertiary/aromatic N) is 1. The van der Waals surface area contributed by atoms with Crippen LogP contribution in [0.4, 0.5) is 0 Å². The van der Waals surface area contributed by atoms with Crippen molar-refractivity contribution in [3.05, 3.63) is 65.7 Å². The second-order valence-corrected chi connectivity index (χ2v) is 7.70. The van der Waals surface area contributed by atoms with Gasteiger partial charge in [-0.3, -0.25) is 14.4 Å². The van der Waals surface area contributed by atoms with E-state index >= 15 is 0 Å². The number of hydrogen-bond acceptors (Lipinski definition) is 5. The number of benzene rings is 2. The third-order valence-corrected chi connectivity index (χ3v) is 5.30. The van der Waals surface area contributed by atoms with Gasteiger partial charge in [0.1, 0.15) is 11.8 Å². The normalized spacial score (nSPS) is 15.7. The number of unbranched alkanes of at least 4 members (excludes halogenated alkanes) is 1. The monoisotopic (exact) mass is 438 g/mol. The molecule has 0 aliphatic carbocycles. The van der Waals surface area contributed by atoms with Crippen molar-refractivity contribution < 1.29 is 23.9 Å². The van der Waals surface area contributed by atoms with Crippen LogP contribution in [0.1, 0.15) is 42.1 Å². The molecule has 0 bridgehead atoms. The fraction of sp³-hybridized carbons (Fsp3) is 0.400. The molecule has 7 nitrogen and oxygen atoms in total. The first-order valence-electron chi connectivity index (χ1n) is 11.1. The summed E-state index contributed by atoms with van der Waals surface area (Å²) in [5, 5.41) is 2.74. The number of hydrogen-bond donors (Lipinski definition) is 1. The summed E-state index contributed by atoms with van der Waals surface area (Å²) in [5.41, 5.74) is 1.49. The molecule has 1 unspecified atom stereocenters. The van der Waals surface area contributed by atoms with E-state index in [1.165, 1.54) is 4.90 Å². The zero-order valence-corrected chi connectivity index (χ0v) is 18.4. The van der Waals surface area contributed by atoms with Crippen molar-refractivity contribution in [2.24, 2.45) is 0 Å². The van der Waals surface area contributed by atoms with Crippen molar-refractivity contribution in [3.63, 3.8) is 0 Å². The number of amides is 2. The van der Waals surface area contributed by atoms with Gasteiger partial charge in [-0.1, -0.05) is 49.7 Å². The van der Waals surface area contributed by atoms with E-state index in [-0.39, 0.29) is 24.8 Å². The highest BCUT2D eigenvalue weighted by molar-refractivity contribution is 5.99. The maximum atomic E-state index is 13.2. The maximum absolute atomic E-state index is 13.2. The second-order valence-electron chi connectivity index (χ2n) is 7.70. The van der Waals surface area contributed by atoms with Crippen molar-refractivity contribution in [2.75, 3.05) is 26.3 Å². The molecule has 2 amide bonds. The Morgan fingerprint density at radius 3 is 2.69 bits per heavy atom. The number of carbonyl (C=O) groups is 3. The molecule has 1 aliphatic heterocycles. The Bertz CT molecular complexity index is 916. The fourth-order valence-corrected chi connectivity index (χ4v) is 3.52. The molecule has 3 rings (SSSR count). The van der Waals surface area contributed by atoms with Gasteiger partial charge >= 0.3 is 5.97 Å². The average molecular weight is 439 g/mol. The van der Waals surface area contributed by atoms with Crippen molar-refractivity contribution in [2.45, 2.75) is 38.6 Å². The van der Waals surface area contributed by atoms with Crippen molar-refractivity contribution in [1.29, 1.82) is 0 Å². The zero-order valence-electron chi connectivity index (χ0n) is 18.4. The van der Waals surface area contributed by atoms with Gasteiger partial charge in [-0.25, -0.2) is 0 Å². The summed E-state index contributed by atoms with van der Waals surface area (Å²) in [5.74, 6) is -0.539. The topological polar surface area (TPSA) is 84.9 Å². The molecule has 1 saturated heterocycles. The van der Waals surface area contributed by atoms with Crippen LogP contribution in [0, 0.1) is 0 Å². The Balaban J connectivity index is 1.60. The summed E-state index contributed by atoms with van der Waals surface area (Å²) >= 11 is 0. The SMILES string of the molecule is CCCCOc1cccc(C(=O)N2CCNC(=O)C2CC(=O)OCCc2ccccc2)c1. The summed E-state index contributed by atoms with van der Waals surface area (Å²) in [6, 6.07) is 15.7. The fourth-order valence-electron chi connectivity index (χ4n) is 3.52. The van der Waals surface area contributed by atoms with Crippen LogP contribution in [0.25, 0.3) is 0 Å². The van der Waals surface area contributed by atoms with Crippen molar-refractivity contribution >= 4 is 17.8 Å². The van der Waals surface area contributed by atoms with Crippen LogP contribution in [0.15, 0.2) is 54.6 Å². The minimum absolute atomic E-state index is 0.181. The van der Waals surface area contributed by atoms with Crippen LogP contribution >= 0.6 is 0 Å². The van der Waals surface area contributed by atoms with Crippen LogP contribution in [0.2, 0.25) is 0 Å². The van der Waals surface area contributed by atoms with Gasteiger partial charge in [-0.05, 0) is 30.2 Å². The van der Waals surface area contributed by atoms with E-state index in [0.29, 0.717) is 37.4 Å². The van der Waals surface area contributed by atoms with Crippen molar-refractivity contribution in [3.8, 4) is 5.75 Å². The van der Waals surface area contributed by atoms with Crippen molar-refractivity contribution in [1.82, 2.24) is 10.2 Å². The van der Waals surface area contributed by atoms with E-state index in [0.717, 1.165) is 18.4 Å². The molecule has 0 aromatic heterocycles. The summed E-state index contributed by atoms with van der Waals surface area (Å²) in [6.45, 7) is 3.56. The van der Waals surface area contributed by atoms with E-state index in [1.807, 2.05) is 30.3 Å². The van der Waals surface area contributed by atoms with E-state index in [2.05, 4.69) is 12.2 Å². The minimum atomic E-state index is -0.898. The first kappa shape index (κ1) is 23.3. The molecule has 2 aromatic carbocycles. The Kier molecular flexibility index (Phi) is 8.66. The molecule has 1 N–H and O–H groups in total. The maximum Gasteiger partial charge on any atom is 0.308 e. The standard InChI is InChI=1S/C25H30N2O5/c1-2-3-15-31-21-11-7-10-20(17-21)25(30)27-14-13-26-24(29)22(27)18-23(28)32-16-12-19-8-5-4-6-9-19/h4-11,17,22H,2-3,12-16,18H2,1H3,(H,26,29). The van der Waals surface area contributed by atoms with Gasteiger partial charge in [0.15, 0.2) is 0 Å². The highest BCUT2D eigenvalue weighted by Crippen LogP contribution is 2.19. The lowest BCUT2D eigenvalue weighted by molar-refractivity contribution is -0.147. The van der Waals surface area contributed by atoms with Gasteiger partial charge in [-0.15, -0.1) is 0 Å². The molecule has 0 radical (unpaired) electrons. The first-order chi connectivity index (χ1) is 15.6. The Morgan fingerprint density at radius 2 is 1.91 bits per heavy atom. The predicted octanol–water partition coefficient (Wildman–Crippen LogP) is 2.98. The molecule has 170 valence electrons. The largest absolute Gasteiger partial charge is 0.494 e. The molecule has 32 heavy (non-hydrogen) atoms. The first-order valence-corrected chi connectivity index (χ1v) is 11.1. The van der Waals surface area contributed by atoms with Crippen LogP contribution in [-0.2, 0) is 20.7 Å². The molecule has 1 heterocycles. The number of nitrogens with one attached hydrogen (secondary N) is 1. The summed E-state index contributed by atoms with van der Waals surface area (Å²) in [7, 11) is 0. The predicted molar refractivity (Wildman–Crippen MR) is 120 cm³/mol. The van der Waals surface area contributed by atoms with Gasteiger partial charge in [0.25, 0.3) is 5.91 Å². The smallest absolute Gasteiger partial charge is 0.308 e. The summed E-state index contributed by atoms with van der Waals surface area (Å²) in [4.78, 5) is 39.5. The van der Waals surface area contributed by atoms with E-state index in [1.54, 1.807) is 24.3 Å². The number of rotatable bonds is 10. The average Bonchev–Trinajstić information content (AvgIpc) is 2.81. The molecular formula is C25H30N2O5. The highest BCUT2D eigenvalue weighted by Gasteiger charge is 2.35. The summed E-state index contributed by atoms with van der Waals surface area (Å²) < 4.78 is 11.0. The Hall–Kier alpha value is -3.35. The van der Waals surface area contributed by atoms with Crippen LogP contribution in [-0.4, -0.2) is 55.0 Å². The molecule has 1 atom stereocenters. The van der Waals surface area contributed by atoms with Gasteiger partial charge in [0.2, 0.25) is 5.91 Å². The Morgan fingerprint density at radius 1 is 1.09 bits per heavy atom. The highest BCUT2D eigenvalue weighted by atomic mass is 16.5. The Labute approximate surface area is 188 Å². The van der Waals surface area contributed by atoms with Gasteiger partial charge < -0.3 is 19.7 Å². The number of ether oxygens (including phenoxy) is 2. The molecular weight excluding hydrogens is 408 g/mol. The lowest BCUT2D eigenvalue weighted by atomic mass is 10.1. The third kappa shape index (κ3) is 6.57. The number of esters is 1. The zero-order chi connectivity index (χ0) is 22.8. The quantitative estimate of drug-likeness (QED) is 0.455. The molecule has 1 aliphatic rings. The van der Waals surface area contributed by atoms with Crippen LogP contribution < -0.4 is 10.1 Å². The van der Waals surface area contributed by atoms with Crippen LogP contribution in [0.5, 0.6) is 5.75 Å². The lowest BCUT2D eigenvalue weighted by Gasteiger charge is -2.34. The lowest BCUT2D eigenvalue weighted by Crippen LogP contribution is -2.57. The molecule has 2 aromatic rings. The van der Waals surface area contributed by atoms with Gasteiger partial charge in [0, 0.05) is 25.1 Å². The van der Waals surface area contributed by atoms with E-state index in [4.69, 9.17) is 9.47 Å². The van der Waals surface area contributed by atoms with Gasteiger partial charge in [-0.2, -0.15) is 0 Å². The molecule has 0 spiro atoms. The number of piperazine rings is 1. The van der Waals surface area contributed by atoms with E-state index in [9.17, 15) is 14.4 Å². The third-order valence-electron chi connectivity index (χ3n) is 5.30. The minimum Gasteiger partial charge on any atom is -0.494 e. The second kappa shape index (κ2) is 11.9.